The van der Waals surface area contributed by atoms with Crippen molar-refractivity contribution in [3.05, 3.63) is 0 Å². The average Bonchev–Trinajstić information content (AvgIpc) is 1.59. The number of nitrogens with one attached hydrogen (secondary N) is 26. The predicted octanol–water partition coefficient (Wildman–Crippen LogP) is -2.58. The van der Waals surface area contributed by atoms with Crippen LogP contribution in [0.4, 0.5) is 0 Å². The number of rotatable bonds is 1. The van der Waals surface area contributed by atoms with Crippen LogP contribution in [0.1, 0.15) is 139 Å². The van der Waals surface area contributed by atoms with Crippen molar-refractivity contribution < 1.29 is 14.2 Å². The van der Waals surface area contributed by atoms with E-state index in [4.69, 9.17) is 14.2 Å². The highest BCUT2D eigenvalue weighted by molar-refractivity contribution is 5.02. The third kappa shape index (κ3) is 52.4. The third-order valence-corrected chi connectivity index (χ3v) is 26.5. The smallest absolute Gasteiger partial charge is 0.0675 e. The third-order valence-electron chi connectivity index (χ3n) is 26.5. The number of hydrogen-bond acceptors (Lipinski definition) is 31. The van der Waals surface area contributed by atoms with Gasteiger partial charge in [0.1, 0.15) is 0 Å². The highest BCUT2D eigenvalue weighted by Crippen LogP contribution is 2.35. The lowest BCUT2D eigenvalue weighted by Gasteiger charge is -2.50. The largest absolute Gasteiger partial charge is 0.379 e. The molecule has 21 saturated heterocycles. The Labute approximate surface area is 740 Å². The summed E-state index contributed by atoms with van der Waals surface area (Å²) in [4.78, 5) is 4.78. The maximum absolute atomic E-state index is 5.42. The molecule has 0 aromatic rings. The van der Waals surface area contributed by atoms with Gasteiger partial charge in [-0.3, -0.25) is 0 Å². The Kier molecular flexibility index (Phi) is 60.9. The molecule has 0 bridgehead atoms. The van der Waals surface area contributed by atoms with Gasteiger partial charge < -0.3 is 162 Å². The molecule has 0 aliphatic carbocycles. The molecule has 5 spiro atoms. The van der Waals surface area contributed by atoms with Gasteiger partial charge in [0.25, 0.3) is 0 Å². The Morgan fingerprint density at radius 2 is 0.620 bits per heavy atom. The minimum Gasteiger partial charge on any atom is -0.379 e. The summed E-state index contributed by atoms with van der Waals surface area (Å²) in [5, 5.41) is 86.1. The topological polar surface area (TPSA) is 347 Å². The summed E-state index contributed by atoms with van der Waals surface area (Å²) in [5.74, 6) is 0. The van der Waals surface area contributed by atoms with Crippen molar-refractivity contribution in [2.75, 3.05) is 374 Å². The van der Waals surface area contributed by atoms with Crippen LogP contribution in [0.25, 0.3) is 0 Å². The molecule has 31 heteroatoms. The van der Waals surface area contributed by atoms with Crippen LogP contribution in [0.5, 0.6) is 0 Å². The molecule has 21 rings (SSSR count). The van der Waals surface area contributed by atoms with Gasteiger partial charge in [-0.1, -0.05) is 13.3 Å². The molecule has 0 radical (unpaired) electrons. The van der Waals surface area contributed by atoms with E-state index < -0.39 is 0 Å². The van der Waals surface area contributed by atoms with Crippen molar-refractivity contribution in [3.63, 3.8) is 0 Å². The summed E-state index contributed by atoms with van der Waals surface area (Å²) in [6, 6.07) is 1.98. The first-order valence-corrected chi connectivity index (χ1v) is 49.7. The van der Waals surface area contributed by atoms with Gasteiger partial charge in [-0.05, 0) is 234 Å². The zero-order valence-corrected chi connectivity index (χ0v) is 79.7. The predicted molar refractivity (Wildman–Crippen MR) is 511 cm³/mol. The van der Waals surface area contributed by atoms with Gasteiger partial charge >= 0.3 is 0 Å². The molecular formula is C90H198N28O3. The number of ether oxygens (including phenoxy) is 3. The second kappa shape index (κ2) is 67.9. The van der Waals surface area contributed by atoms with E-state index >= 15 is 0 Å². The molecule has 0 aromatic carbocycles. The molecule has 26 N–H and O–H groups in total. The number of morpholine rings is 3. The fourth-order valence-corrected chi connectivity index (χ4v) is 17.6. The molecule has 0 amide bonds. The molecule has 716 valence electrons. The van der Waals surface area contributed by atoms with Crippen LogP contribution in [-0.4, -0.2) is 426 Å². The van der Waals surface area contributed by atoms with Crippen LogP contribution in [0.2, 0.25) is 0 Å². The highest BCUT2D eigenvalue weighted by Gasteiger charge is 2.43. The molecule has 0 saturated carbocycles. The molecule has 21 heterocycles. The first-order chi connectivity index (χ1) is 59.0. The minimum absolute atomic E-state index is 0.318. The van der Waals surface area contributed by atoms with Gasteiger partial charge in [-0.15, -0.1) is 0 Å². The summed E-state index contributed by atoms with van der Waals surface area (Å²) < 4.78 is 15.6. The fourth-order valence-electron chi connectivity index (χ4n) is 17.6. The Bertz CT molecular complexity index is 2090. The van der Waals surface area contributed by atoms with E-state index in [1.807, 2.05) is 0 Å². The van der Waals surface area contributed by atoms with Gasteiger partial charge in [0.15, 0.2) is 0 Å². The van der Waals surface area contributed by atoms with Gasteiger partial charge in [-0.25, -0.2) is 0 Å². The zero-order chi connectivity index (χ0) is 86.2. The van der Waals surface area contributed by atoms with E-state index in [0.29, 0.717) is 52.8 Å². The van der Waals surface area contributed by atoms with Crippen LogP contribution in [0, 0.1) is 27.1 Å². The van der Waals surface area contributed by atoms with Crippen LogP contribution < -0.4 is 138 Å². The van der Waals surface area contributed by atoms with E-state index in [-0.39, 0.29) is 0 Å². The van der Waals surface area contributed by atoms with E-state index in [1.54, 1.807) is 0 Å². The van der Waals surface area contributed by atoms with E-state index in [9.17, 15) is 0 Å². The normalized spacial score (nSPS) is 30.4. The van der Waals surface area contributed by atoms with Crippen molar-refractivity contribution in [1.82, 2.24) is 148 Å². The lowest BCUT2D eigenvalue weighted by Crippen LogP contribution is -2.69. The summed E-state index contributed by atoms with van der Waals surface area (Å²) in [6.07, 6.45) is 17.9. The number of hydrogen-bond donors (Lipinski definition) is 26. The second-order valence-corrected chi connectivity index (χ2v) is 38.9. The van der Waals surface area contributed by atoms with Crippen molar-refractivity contribution in [1.29, 1.82) is 0 Å². The molecule has 21 aliphatic rings. The van der Waals surface area contributed by atoms with Gasteiger partial charge in [0, 0.05) is 296 Å². The summed E-state index contributed by atoms with van der Waals surface area (Å²) in [5.41, 5.74) is 3.89. The van der Waals surface area contributed by atoms with E-state index in [2.05, 4.69) is 217 Å². The molecule has 21 fully saturated rings. The van der Waals surface area contributed by atoms with Gasteiger partial charge in [-0.2, -0.15) is 0 Å². The number of likely N-dealkylation sites (N-methyl/N-ethyl adjacent to an activating group) is 2. The number of piperidine rings is 4. The fraction of sp³-hybridized carbons (Fsp3) is 1.00. The van der Waals surface area contributed by atoms with Crippen molar-refractivity contribution in [2.24, 2.45) is 27.1 Å². The van der Waals surface area contributed by atoms with Gasteiger partial charge in [0.05, 0.1) is 38.1 Å². The van der Waals surface area contributed by atoms with E-state index in [0.717, 1.165) is 180 Å². The molecular weight excluding hydrogens is 1520 g/mol. The first kappa shape index (κ1) is 109. The second-order valence-electron chi connectivity index (χ2n) is 38.9. The maximum Gasteiger partial charge on any atom is 0.0675 e. The maximum atomic E-state index is 5.42. The summed E-state index contributed by atoms with van der Waals surface area (Å²) >= 11 is 0. The Morgan fingerprint density at radius 1 is 0.273 bits per heavy atom. The molecule has 0 aromatic heterocycles. The lowest BCUT2D eigenvalue weighted by atomic mass is 9.74. The Hall–Kier alpha value is -1.24. The number of nitrogens with zero attached hydrogens (tertiary/aromatic N) is 2. The lowest BCUT2D eigenvalue weighted by molar-refractivity contribution is -0.0166. The SMILES string of the molecule is C1CC2(CCN1)CCNC2.C1CC2(CCN1)CNC2.C1CC2(CCN1)CNC2.C1CC2(CN1)CNC2.C1CCNCC1.C1CNCCN1.C1CNCCNC1.C1COCCN1.C1NCC12CNC2.CC1(C)CNCCN1.CC1CNCCO1.CCN1CCNCC1.CN1CCNCC1.C[C@@H]1CNC[C@H](C)N1.C[C@@H]1CNC[C@H](C)O1.C[C@H]1CNCCN1. The number of piperazine rings is 6. The van der Waals surface area contributed by atoms with Crippen LogP contribution in [-0.2, 0) is 14.2 Å². The molecule has 21 aliphatic heterocycles. The van der Waals surface area contributed by atoms with Crippen molar-refractivity contribution in [3.8, 4) is 0 Å². The molecule has 6 atom stereocenters. The van der Waals surface area contributed by atoms with Gasteiger partial charge in [0.2, 0.25) is 0 Å². The summed E-state index contributed by atoms with van der Waals surface area (Å²) in [7, 11) is 2.15. The molecule has 31 nitrogen and oxygen atoms in total. The molecule has 121 heavy (non-hydrogen) atoms. The van der Waals surface area contributed by atoms with E-state index in [1.165, 1.54) is 280 Å². The Balaban J connectivity index is 0.000000200. The van der Waals surface area contributed by atoms with Crippen LogP contribution in [0.15, 0.2) is 0 Å². The van der Waals surface area contributed by atoms with Crippen molar-refractivity contribution in [2.45, 2.75) is 181 Å². The Morgan fingerprint density at radius 3 is 0.851 bits per heavy atom. The highest BCUT2D eigenvalue weighted by atomic mass is 16.5. The van der Waals surface area contributed by atoms with Crippen molar-refractivity contribution >= 4 is 0 Å². The monoisotopic (exact) mass is 1720 g/mol. The molecule has 1 unspecified atom stereocenters. The van der Waals surface area contributed by atoms with Crippen LogP contribution >= 0.6 is 0 Å². The summed E-state index contributed by atoms with van der Waals surface area (Å²) in [6.45, 7) is 84.6. The van der Waals surface area contributed by atoms with Crippen LogP contribution in [0.3, 0.4) is 0 Å². The standard InChI is InChI=1S/C8H16N2.2C7H14N2.C6H12N2.3C6H14N2.C6H13NO.C5H10N2.3C5H12N2.C5H11NO.C5H11N.C4H10N2.C4H9NO/c1-4-9-5-2-8(1)3-6-10-7-8;2*1-3-8-4-2-7(1)5-9-6-7;1-2-7-3-6(1)4-8-5-6;1-5-3-7-4-6(2)8-5;1-6(2)5-7-3-4-8-6;1-2-8-5-3-7-4-6-8;1-5-3-7-4-6(2)8-5;1-5(2-6-1)3-7-4-5;1-7-4-2-6-3-5-7;1-5-4-6-2-3-7-5;1-2-6-4-5-7-3-1;1-5-4-6-2-3-7-5;1-2-4-6-5-3-1;1-2-6-4-3-5-1;1-3-6-4-2-5-1/h9-10H,1-7H2;2*8-9H,1-6H2;7-8H,1-5H2;5-8H,3-4H2,1-2H3;7-8H,3-5H2,1-2H3;7H,2-6H2,1H3;5-7H,3-4H2,1-2H3;6-7H,1-4H2;6H,2-5H2,1H3;5-7H,2-4H2,1H3;6-7H,1-5H2;5-6H,2-4H2,1H3;6H,1-5H2;5-6H,1-4H2;5H,1-4H2/t;;;;5-,6+;;;5-,6+;;;5-;;;;;/m..........0...../s1. The zero-order valence-electron chi connectivity index (χ0n) is 79.7. The quantitative estimate of drug-likeness (QED) is 0.128. The average molecular weight is 1720 g/mol. The minimum atomic E-state index is 0.318. The first-order valence-electron chi connectivity index (χ1n) is 49.7.